The standard InChI is InChI=1S/C25H18Cl3NO4S/c26-18-4-8-19(9-5-18)32-12-11-29-24(30)23(34-25(29)31)14-16-1-6-20(7-2-16)33-15-17-3-10-21(27)22(28)13-17/h1-10,13-14H,11-12,15H2/b23-14-. The molecular formula is C25H18Cl3NO4S. The van der Waals surface area contributed by atoms with Crippen molar-refractivity contribution in [3.05, 3.63) is 97.8 Å². The molecule has 1 fully saturated rings. The Morgan fingerprint density at radius 3 is 2.21 bits per heavy atom. The third-order valence-electron chi connectivity index (χ3n) is 4.84. The maximum absolute atomic E-state index is 12.7. The molecule has 1 aliphatic heterocycles. The van der Waals surface area contributed by atoms with Gasteiger partial charge in [0.2, 0.25) is 0 Å². The van der Waals surface area contributed by atoms with Gasteiger partial charge in [-0.3, -0.25) is 14.5 Å². The zero-order valence-electron chi connectivity index (χ0n) is 17.7. The molecule has 34 heavy (non-hydrogen) atoms. The normalized spacial score (nSPS) is 14.7. The molecule has 174 valence electrons. The first-order valence-electron chi connectivity index (χ1n) is 10.2. The quantitative estimate of drug-likeness (QED) is 0.283. The van der Waals surface area contributed by atoms with Crippen LogP contribution in [0.25, 0.3) is 6.08 Å². The number of carbonyl (C=O) groups excluding carboxylic acids is 2. The van der Waals surface area contributed by atoms with E-state index >= 15 is 0 Å². The molecule has 9 heteroatoms. The number of imide groups is 1. The average molecular weight is 535 g/mol. The summed E-state index contributed by atoms with van der Waals surface area (Å²) in [4.78, 5) is 26.5. The van der Waals surface area contributed by atoms with E-state index in [0.717, 1.165) is 22.9 Å². The lowest BCUT2D eigenvalue weighted by Crippen LogP contribution is -2.32. The van der Waals surface area contributed by atoms with Crippen molar-refractivity contribution < 1.29 is 19.1 Å². The zero-order valence-corrected chi connectivity index (χ0v) is 20.8. The van der Waals surface area contributed by atoms with Crippen LogP contribution in [0.3, 0.4) is 0 Å². The van der Waals surface area contributed by atoms with Crippen LogP contribution >= 0.6 is 46.6 Å². The molecule has 0 saturated carbocycles. The molecule has 5 nitrogen and oxygen atoms in total. The van der Waals surface area contributed by atoms with E-state index < -0.39 is 0 Å². The molecule has 3 aromatic rings. The maximum atomic E-state index is 12.7. The van der Waals surface area contributed by atoms with Crippen LogP contribution in [-0.4, -0.2) is 29.2 Å². The van der Waals surface area contributed by atoms with Crippen molar-refractivity contribution in [3.63, 3.8) is 0 Å². The topological polar surface area (TPSA) is 55.8 Å². The minimum atomic E-state index is -0.338. The molecule has 0 spiro atoms. The lowest BCUT2D eigenvalue weighted by Gasteiger charge is -2.13. The summed E-state index contributed by atoms with van der Waals surface area (Å²) in [6.07, 6.45) is 1.69. The third kappa shape index (κ3) is 6.27. The Morgan fingerprint density at radius 2 is 1.50 bits per heavy atom. The fourth-order valence-electron chi connectivity index (χ4n) is 3.09. The van der Waals surface area contributed by atoms with E-state index in [1.54, 1.807) is 54.6 Å². The molecule has 0 bridgehead atoms. The van der Waals surface area contributed by atoms with Gasteiger partial charge in [-0.25, -0.2) is 0 Å². The number of rotatable bonds is 8. The van der Waals surface area contributed by atoms with Crippen molar-refractivity contribution in [1.29, 1.82) is 0 Å². The van der Waals surface area contributed by atoms with E-state index in [1.807, 2.05) is 18.2 Å². The Balaban J connectivity index is 1.32. The van der Waals surface area contributed by atoms with Crippen molar-refractivity contribution >= 4 is 63.8 Å². The Bertz CT molecular complexity index is 1230. The molecule has 1 saturated heterocycles. The molecule has 3 aromatic carbocycles. The Hall–Kier alpha value is -2.64. The van der Waals surface area contributed by atoms with Crippen LogP contribution in [0, 0.1) is 0 Å². The number of carbonyl (C=O) groups is 2. The lowest BCUT2D eigenvalue weighted by atomic mass is 10.2. The highest BCUT2D eigenvalue weighted by atomic mass is 35.5. The minimum Gasteiger partial charge on any atom is -0.492 e. The number of halogens is 3. The van der Waals surface area contributed by atoms with Crippen LogP contribution in [0.4, 0.5) is 4.79 Å². The predicted molar refractivity (Wildman–Crippen MR) is 137 cm³/mol. The van der Waals surface area contributed by atoms with Gasteiger partial charge >= 0.3 is 0 Å². The highest BCUT2D eigenvalue weighted by molar-refractivity contribution is 8.18. The van der Waals surface area contributed by atoms with E-state index in [2.05, 4.69) is 0 Å². The van der Waals surface area contributed by atoms with Crippen molar-refractivity contribution in [2.75, 3.05) is 13.2 Å². The van der Waals surface area contributed by atoms with Crippen LogP contribution in [0.2, 0.25) is 15.1 Å². The van der Waals surface area contributed by atoms with Gasteiger partial charge in [0, 0.05) is 5.02 Å². The van der Waals surface area contributed by atoms with E-state index in [1.165, 1.54) is 4.90 Å². The van der Waals surface area contributed by atoms with Gasteiger partial charge in [-0.05, 0) is 77.5 Å². The van der Waals surface area contributed by atoms with Gasteiger partial charge in [-0.2, -0.15) is 0 Å². The fourth-order valence-corrected chi connectivity index (χ4v) is 4.40. The van der Waals surface area contributed by atoms with E-state index in [4.69, 9.17) is 44.3 Å². The van der Waals surface area contributed by atoms with Crippen LogP contribution in [0.1, 0.15) is 11.1 Å². The van der Waals surface area contributed by atoms with E-state index in [9.17, 15) is 9.59 Å². The first-order chi connectivity index (χ1) is 16.4. The van der Waals surface area contributed by atoms with Crippen LogP contribution < -0.4 is 9.47 Å². The second-order valence-corrected chi connectivity index (χ2v) is 9.49. The molecule has 0 unspecified atom stereocenters. The second kappa shape index (κ2) is 11.2. The van der Waals surface area contributed by atoms with Gasteiger partial charge in [-0.15, -0.1) is 0 Å². The molecule has 0 radical (unpaired) electrons. The molecule has 1 heterocycles. The first-order valence-corrected chi connectivity index (χ1v) is 12.1. The number of hydrogen-bond acceptors (Lipinski definition) is 5. The van der Waals surface area contributed by atoms with E-state index in [-0.39, 0.29) is 24.3 Å². The molecule has 1 aliphatic rings. The number of thioether (sulfide) groups is 1. The molecule has 0 atom stereocenters. The second-order valence-electron chi connectivity index (χ2n) is 7.24. The lowest BCUT2D eigenvalue weighted by molar-refractivity contribution is -0.123. The van der Waals surface area contributed by atoms with Gasteiger partial charge in [0.1, 0.15) is 24.7 Å². The number of ether oxygens (including phenoxy) is 2. The number of nitrogens with zero attached hydrogens (tertiary/aromatic N) is 1. The van der Waals surface area contributed by atoms with Crippen LogP contribution in [-0.2, 0) is 11.4 Å². The van der Waals surface area contributed by atoms with E-state index in [0.29, 0.717) is 38.1 Å². The monoisotopic (exact) mass is 533 g/mol. The molecule has 4 rings (SSSR count). The molecule has 0 aromatic heterocycles. The molecule has 0 N–H and O–H groups in total. The van der Waals surface area contributed by atoms with Crippen molar-refractivity contribution in [2.24, 2.45) is 0 Å². The number of benzene rings is 3. The summed E-state index contributed by atoms with van der Waals surface area (Å²) in [6, 6.07) is 19.5. The Kier molecular flexibility index (Phi) is 8.06. The van der Waals surface area contributed by atoms with Crippen molar-refractivity contribution in [2.45, 2.75) is 6.61 Å². The van der Waals surface area contributed by atoms with Crippen molar-refractivity contribution in [1.82, 2.24) is 4.90 Å². The predicted octanol–water partition coefficient (Wildman–Crippen LogP) is 7.34. The summed E-state index contributed by atoms with van der Waals surface area (Å²) in [5, 5.41) is 1.25. The average Bonchev–Trinajstić information content (AvgIpc) is 3.09. The SMILES string of the molecule is O=C1S/C(=C\c2ccc(OCc3ccc(Cl)c(Cl)c3)cc2)C(=O)N1CCOc1ccc(Cl)cc1. The van der Waals surface area contributed by atoms with Crippen molar-refractivity contribution in [3.8, 4) is 11.5 Å². The molecule has 0 aliphatic carbocycles. The smallest absolute Gasteiger partial charge is 0.293 e. The summed E-state index contributed by atoms with van der Waals surface area (Å²) >= 11 is 18.7. The Labute approximate surface area is 216 Å². The van der Waals surface area contributed by atoms with Crippen LogP contribution in [0.5, 0.6) is 11.5 Å². The maximum Gasteiger partial charge on any atom is 0.293 e. The molecular weight excluding hydrogens is 517 g/mol. The third-order valence-corrected chi connectivity index (χ3v) is 6.74. The van der Waals surface area contributed by atoms with Gasteiger partial charge in [-0.1, -0.05) is 53.0 Å². The summed E-state index contributed by atoms with van der Waals surface area (Å²) in [7, 11) is 0. The summed E-state index contributed by atoms with van der Waals surface area (Å²) in [5.41, 5.74) is 1.68. The largest absolute Gasteiger partial charge is 0.492 e. The van der Waals surface area contributed by atoms with Gasteiger partial charge < -0.3 is 9.47 Å². The Morgan fingerprint density at radius 1 is 0.824 bits per heavy atom. The molecule has 2 amide bonds. The van der Waals surface area contributed by atoms with Gasteiger partial charge in [0.15, 0.2) is 0 Å². The fraction of sp³-hybridized carbons (Fsp3) is 0.120. The van der Waals surface area contributed by atoms with Crippen LogP contribution in [0.15, 0.2) is 71.6 Å². The summed E-state index contributed by atoms with van der Waals surface area (Å²) < 4.78 is 11.4. The van der Waals surface area contributed by atoms with Gasteiger partial charge in [0.25, 0.3) is 11.1 Å². The summed E-state index contributed by atoms with van der Waals surface area (Å²) in [5.74, 6) is 0.943. The minimum absolute atomic E-state index is 0.159. The summed E-state index contributed by atoms with van der Waals surface area (Å²) in [6.45, 7) is 0.692. The first kappa shape index (κ1) is 24.5. The number of amides is 2. The van der Waals surface area contributed by atoms with Gasteiger partial charge in [0.05, 0.1) is 21.5 Å². The zero-order chi connectivity index (χ0) is 24.1. The highest BCUT2D eigenvalue weighted by Gasteiger charge is 2.34. The number of hydrogen-bond donors (Lipinski definition) is 0. The highest BCUT2D eigenvalue weighted by Crippen LogP contribution is 2.32.